The molecule has 4 aliphatic rings. The lowest BCUT2D eigenvalue weighted by atomic mass is 9.49. The van der Waals surface area contributed by atoms with Gasteiger partial charge >= 0.3 is 0 Å². The normalized spacial score (nSPS) is 43.5. The van der Waals surface area contributed by atoms with E-state index in [0.717, 1.165) is 48.0 Å². The number of hydrogen-bond acceptors (Lipinski definition) is 4. The zero-order valence-electron chi connectivity index (χ0n) is 19.5. The van der Waals surface area contributed by atoms with Gasteiger partial charge in [0.1, 0.15) is 11.0 Å². The third-order valence-electron chi connectivity index (χ3n) is 10.3. The van der Waals surface area contributed by atoms with Crippen LogP contribution in [0.1, 0.15) is 71.6 Å². The summed E-state index contributed by atoms with van der Waals surface area (Å²) in [5.41, 5.74) is 1.42. The zero-order chi connectivity index (χ0) is 22.1. The van der Waals surface area contributed by atoms with E-state index in [-0.39, 0.29) is 11.3 Å². The zero-order valence-corrected chi connectivity index (χ0v) is 19.5. The Labute approximate surface area is 191 Å². The fourth-order valence-electron chi connectivity index (χ4n) is 8.86. The summed E-state index contributed by atoms with van der Waals surface area (Å²) in [6.07, 6.45) is 14.2. The molecule has 0 aliphatic heterocycles. The number of carbonyl (C=O) groups excluding carboxylic acids is 1. The maximum Gasteiger partial charge on any atom is 0.157 e. The quantitative estimate of drug-likeness (QED) is 0.735. The van der Waals surface area contributed by atoms with Crippen LogP contribution in [0.15, 0.2) is 24.5 Å². The number of Topliss-reactive ketones (excluding diaryl/α,β-unsaturated/α-hetero) is 1. The van der Waals surface area contributed by atoms with E-state index in [1.54, 1.807) is 10.9 Å². The van der Waals surface area contributed by atoms with Gasteiger partial charge in [-0.05, 0) is 112 Å². The molecule has 0 saturated heterocycles. The van der Waals surface area contributed by atoms with E-state index in [9.17, 15) is 9.90 Å². The fraction of sp³-hybridized carbons (Fsp3) is 0.741. The molecule has 32 heavy (non-hydrogen) atoms. The topological polar surface area (TPSA) is 68.0 Å². The Morgan fingerprint density at radius 3 is 2.75 bits per heavy atom. The molecule has 4 saturated carbocycles. The van der Waals surface area contributed by atoms with E-state index in [4.69, 9.17) is 0 Å². The maximum atomic E-state index is 13.5. The first-order chi connectivity index (χ1) is 15.3. The number of hydrogen-bond donors (Lipinski definition) is 1. The van der Waals surface area contributed by atoms with Crippen molar-refractivity contribution in [3.8, 4) is 0 Å². The predicted octanol–water partition coefficient (Wildman–Crippen LogP) is 5.02. The van der Waals surface area contributed by atoms with Crippen LogP contribution in [-0.4, -0.2) is 31.3 Å². The van der Waals surface area contributed by atoms with Gasteiger partial charge < -0.3 is 5.11 Å². The van der Waals surface area contributed by atoms with Crippen molar-refractivity contribution < 1.29 is 9.90 Å². The van der Waals surface area contributed by atoms with E-state index < -0.39 is 5.60 Å². The van der Waals surface area contributed by atoms with Crippen LogP contribution in [0.3, 0.4) is 0 Å². The summed E-state index contributed by atoms with van der Waals surface area (Å²) < 4.78 is 1.81. The predicted molar refractivity (Wildman–Crippen MR) is 124 cm³/mol. The molecule has 4 aliphatic carbocycles. The van der Waals surface area contributed by atoms with Crippen molar-refractivity contribution in [1.82, 2.24) is 14.8 Å². The first-order valence-electron chi connectivity index (χ1n) is 12.9. The fourth-order valence-corrected chi connectivity index (χ4v) is 8.86. The molecule has 0 unspecified atom stereocenters. The molecule has 2 aromatic rings. The number of fused-ring (bicyclic) bond motifs is 6. The van der Waals surface area contributed by atoms with Gasteiger partial charge in [-0.3, -0.25) is 14.5 Å². The van der Waals surface area contributed by atoms with Crippen LogP contribution < -0.4 is 0 Å². The van der Waals surface area contributed by atoms with Gasteiger partial charge in [0, 0.05) is 12.1 Å². The minimum atomic E-state index is -0.450. The standard InChI is InChI=1S/C27H37N3O2/c1-26(32)11-9-18-17(14-26)5-6-20-19(18)10-12-27(2)21(20)7-8-22(27)25(31)16-30-15-24-23(29-30)4-3-13-28-24/h3-4,13,15,17-22,32H,5-12,14,16H2,1-2H3/t17-,18+,19-,20-,21+,22-,26-,27+/m1/s1. The number of nitrogens with zero attached hydrogens (tertiary/aromatic N) is 3. The van der Waals surface area contributed by atoms with Crippen LogP contribution in [0.25, 0.3) is 11.0 Å². The first kappa shape index (κ1) is 20.8. The Bertz CT molecular complexity index is 996. The van der Waals surface area contributed by atoms with Crippen LogP contribution in [0.5, 0.6) is 0 Å². The van der Waals surface area contributed by atoms with Crippen molar-refractivity contribution in [2.45, 2.75) is 83.8 Å². The second kappa shape index (κ2) is 7.38. The van der Waals surface area contributed by atoms with Crippen LogP contribution in [0.2, 0.25) is 0 Å². The maximum absolute atomic E-state index is 13.5. The Balaban J connectivity index is 1.18. The molecule has 0 spiro atoms. The molecule has 5 heteroatoms. The molecular formula is C27H37N3O2. The highest BCUT2D eigenvalue weighted by atomic mass is 16.3. The summed E-state index contributed by atoms with van der Waals surface area (Å²) in [4.78, 5) is 17.9. The number of aliphatic hydroxyl groups is 1. The molecule has 172 valence electrons. The third-order valence-corrected chi connectivity index (χ3v) is 10.3. The molecule has 0 aromatic carbocycles. The Hall–Kier alpha value is -1.75. The van der Waals surface area contributed by atoms with Gasteiger partial charge in [0.15, 0.2) is 5.78 Å². The summed E-state index contributed by atoms with van der Waals surface area (Å²) in [6.45, 7) is 4.85. The number of aromatic nitrogens is 3. The monoisotopic (exact) mass is 435 g/mol. The molecular weight excluding hydrogens is 398 g/mol. The van der Waals surface area contributed by atoms with Gasteiger partial charge in [-0.25, -0.2) is 0 Å². The molecule has 5 nitrogen and oxygen atoms in total. The average Bonchev–Trinajstić information content (AvgIpc) is 3.32. The third kappa shape index (κ3) is 3.26. The molecule has 2 heterocycles. The van der Waals surface area contributed by atoms with Gasteiger partial charge in [0.25, 0.3) is 0 Å². The Kier molecular flexibility index (Phi) is 4.80. The van der Waals surface area contributed by atoms with Crippen molar-refractivity contribution in [1.29, 1.82) is 0 Å². The van der Waals surface area contributed by atoms with Crippen molar-refractivity contribution in [2.24, 2.45) is 40.9 Å². The molecule has 2 aromatic heterocycles. The molecule has 0 bridgehead atoms. The van der Waals surface area contributed by atoms with Crippen LogP contribution >= 0.6 is 0 Å². The van der Waals surface area contributed by atoms with Crippen LogP contribution in [0, 0.1) is 40.9 Å². The summed E-state index contributed by atoms with van der Waals surface area (Å²) in [7, 11) is 0. The molecule has 0 radical (unpaired) electrons. The minimum Gasteiger partial charge on any atom is -0.390 e. The van der Waals surface area contributed by atoms with Gasteiger partial charge in [0.2, 0.25) is 0 Å². The van der Waals surface area contributed by atoms with E-state index >= 15 is 0 Å². The molecule has 1 N–H and O–H groups in total. The molecule has 6 rings (SSSR count). The van der Waals surface area contributed by atoms with E-state index in [2.05, 4.69) is 17.0 Å². The van der Waals surface area contributed by atoms with Crippen molar-refractivity contribution in [3.63, 3.8) is 0 Å². The highest BCUT2D eigenvalue weighted by molar-refractivity contribution is 5.82. The SMILES string of the molecule is C[C@@]1(O)CC[C@H]2[C@H](CC[C@@H]3[C@@H]2CC[C@]2(C)[C@@H](C(=O)Cn4cc5ncccc5n4)CC[C@@H]32)C1. The van der Waals surface area contributed by atoms with Gasteiger partial charge in [-0.1, -0.05) is 6.92 Å². The lowest BCUT2D eigenvalue weighted by Crippen LogP contribution is -2.51. The second-order valence-corrected chi connectivity index (χ2v) is 12.1. The Morgan fingerprint density at radius 1 is 1.06 bits per heavy atom. The van der Waals surface area contributed by atoms with E-state index in [1.807, 2.05) is 25.3 Å². The largest absolute Gasteiger partial charge is 0.390 e. The first-order valence-corrected chi connectivity index (χ1v) is 12.9. The second-order valence-electron chi connectivity index (χ2n) is 12.1. The minimum absolute atomic E-state index is 0.149. The highest BCUT2D eigenvalue weighted by Gasteiger charge is 2.58. The number of ketones is 1. The van der Waals surface area contributed by atoms with Crippen molar-refractivity contribution in [2.75, 3.05) is 0 Å². The van der Waals surface area contributed by atoms with Crippen LogP contribution in [-0.2, 0) is 11.3 Å². The number of pyridine rings is 1. The van der Waals surface area contributed by atoms with Gasteiger partial charge in [-0.2, -0.15) is 5.10 Å². The lowest BCUT2D eigenvalue weighted by molar-refractivity contribution is -0.133. The molecule has 0 amide bonds. The van der Waals surface area contributed by atoms with Crippen molar-refractivity contribution >= 4 is 16.8 Å². The van der Waals surface area contributed by atoms with E-state index in [0.29, 0.717) is 24.2 Å². The Morgan fingerprint density at radius 2 is 1.91 bits per heavy atom. The highest BCUT2D eigenvalue weighted by Crippen LogP contribution is 2.64. The summed E-state index contributed by atoms with van der Waals surface area (Å²) >= 11 is 0. The van der Waals surface area contributed by atoms with Gasteiger partial charge in [-0.15, -0.1) is 0 Å². The lowest BCUT2D eigenvalue weighted by Gasteiger charge is -2.56. The summed E-state index contributed by atoms with van der Waals surface area (Å²) in [5.74, 6) is 4.34. The van der Waals surface area contributed by atoms with Crippen LogP contribution in [0.4, 0.5) is 0 Å². The smallest absolute Gasteiger partial charge is 0.157 e. The summed E-state index contributed by atoms with van der Waals surface area (Å²) in [6, 6.07) is 3.85. The van der Waals surface area contributed by atoms with Crippen molar-refractivity contribution in [3.05, 3.63) is 24.5 Å². The molecule has 8 atom stereocenters. The van der Waals surface area contributed by atoms with Gasteiger partial charge in [0.05, 0.1) is 18.3 Å². The summed E-state index contributed by atoms with van der Waals surface area (Å²) in [5, 5.41) is 15.2. The van der Waals surface area contributed by atoms with E-state index in [1.165, 1.54) is 38.5 Å². The number of rotatable bonds is 3. The number of carbonyl (C=O) groups is 1. The average molecular weight is 436 g/mol. The molecule has 4 fully saturated rings.